The average molecular weight is 504 g/mol. The van der Waals surface area contributed by atoms with E-state index in [9.17, 15) is 18.0 Å². The van der Waals surface area contributed by atoms with Gasteiger partial charge in [0.05, 0.1) is 11.9 Å². The van der Waals surface area contributed by atoms with Gasteiger partial charge in [-0.2, -0.15) is 0 Å². The molecule has 0 spiro atoms. The Bertz CT molecular complexity index is 1150. The molecule has 0 radical (unpaired) electrons. The number of hydrogen-bond acceptors (Lipinski definition) is 6. The smallest absolute Gasteiger partial charge is 0.244 e. The maximum atomic E-state index is 13.5. The number of hydrogen-bond donors (Lipinski definition) is 1. The Hall–Kier alpha value is -3.27. The largest absolute Gasteiger partial charge is 0.486 e. The minimum Gasteiger partial charge on any atom is -0.486 e. The summed E-state index contributed by atoms with van der Waals surface area (Å²) < 4.78 is 37.5. The number of anilines is 1. The third kappa shape index (κ3) is 6.88. The monoisotopic (exact) mass is 503 g/mol. The number of ether oxygens (including phenoxy) is 2. The molecule has 1 heterocycles. The fourth-order valence-electron chi connectivity index (χ4n) is 3.67. The first-order valence-electron chi connectivity index (χ1n) is 11.6. The van der Waals surface area contributed by atoms with Crippen molar-refractivity contribution in [3.63, 3.8) is 0 Å². The number of nitrogens with one attached hydrogen (secondary N) is 1. The van der Waals surface area contributed by atoms with E-state index in [0.29, 0.717) is 31.3 Å². The molecule has 35 heavy (non-hydrogen) atoms. The number of carbonyl (C=O) groups excluding carboxylic acids is 2. The van der Waals surface area contributed by atoms with Crippen LogP contribution in [-0.4, -0.2) is 63.7 Å². The van der Waals surface area contributed by atoms with Crippen LogP contribution in [0.5, 0.6) is 11.5 Å². The lowest BCUT2D eigenvalue weighted by molar-refractivity contribution is -0.139. The Balaban J connectivity index is 1.90. The molecule has 1 atom stereocenters. The number of carbonyl (C=O) groups is 2. The number of amides is 2. The van der Waals surface area contributed by atoms with E-state index in [1.807, 2.05) is 38.1 Å². The first-order valence-corrected chi connectivity index (χ1v) is 13.4. The maximum Gasteiger partial charge on any atom is 0.244 e. The Kier molecular flexibility index (Phi) is 8.61. The molecule has 1 N–H and O–H groups in total. The van der Waals surface area contributed by atoms with Gasteiger partial charge in [-0.25, -0.2) is 8.42 Å². The fraction of sp³-hybridized carbons (Fsp3) is 0.440. The number of rotatable bonds is 10. The van der Waals surface area contributed by atoms with E-state index in [0.717, 1.165) is 28.1 Å². The van der Waals surface area contributed by atoms with E-state index in [1.54, 1.807) is 25.1 Å². The zero-order valence-electron chi connectivity index (χ0n) is 20.6. The molecule has 0 aromatic heterocycles. The first-order chi connectivity index (χ1) is 16.6. The summed E-state index contributed by atoms with van der Waals surface area (Å²) in [6.45, 7) is 6.50. The minimum atomic E-state index is -3.82. The molecule has 1 aliphatic rings. The number of aryl methyl sites for hydroxylation is 1. The second-order valence-corrected chi connectivity index (χ2v) is 10.5. The summed E-state index contributed by atoms with van der Waals surface area (Å²) in [7, 11) is -3.82. The van der Waals surface area contributed by atoms with E-state index in [1.165, 1.54) is 4.90 Å². The summed E-state index contributed by atoms with van der Waals surface area (Å²) in [6, 6.07) is 11.6. The Morgan fingerprint density at radius 2 is 1.71 bits per heavy atom. The van der Waals surface area contributed by atoms with Crippen molar-refractivity contribution in [3.05, 3.63) is 53.6 Å². The zero-order valence-corrected chi connectivity index (χ0v) is 21.4. The van der Waals surface area contributed by atoms with E-state index in [-0.39, 0.29) is 18.1 Å². The first kappa shape index (κ1) is 26.3. The topological polar surface area (TPSA) is 105 Å². The summed E-state index contributed by atoms with van der Waals surface area (Å²) in [6.07, 6.45) is 1.80. The molecule has 3 rings (SSSR count). The standard InChI is InChI=1S/C25H33N3O6S/c1-5-12-26-25(30)19(3)27(16-20-8-6-18(2)7-9-20)24(29)17-28(35(4,31)32)21-10-11-22-23(15-21)34-14-13-33-22/h6-11,15,19H,5,12-14,16-17H2,1-4H3,(H,26,30)/t19-/m1/s1. The van der Waals surface area contributed by atoms with E-state index >= 15 is 0 Å². The van der Waals surface area contributed by atoms with Gasteiger partial charge in [0.15, 0.2) is 11.5 Å². The van der Waals surface area contributed by atoms with Crippen LogP contribution >= 0.6 is 0 Å². The Labute approximate surface area is 207 Å². The molecule has 2 amide bonds. The molecule has 0 fully saturated rings. The zero-order chi connectivity index (χ0) is 25.6. The van der Waals surface area contributed by atoms with Gasteiger partial charge in [-0.1, -0.05) is 36.8 Å². The molecule has 2 aromatic carbocycles. The van der Waals surface area contributed by atoms with Crippen molar-refractivity contribution < 1.29 is 27.5 Å². The van der Waals surface area contributed by atoms with Crippen molar-refractivity contribution in [1.82, 2.24) is 10.2 Å². The average Bonchev–Trinajstić information content (AvgIpc) is 2.83. The van der Waals surface area contributed by atoms with Gasteiger partial charge in [0, 0.05) is 19.2 Å². The van der Waals surface area contributed by atoms with Gasteiger partial charge in [-0.15, -0.1) is 0 Å². The molecular weight excluding hydrogens is 470 g/mol. The highest BCUT2D eigenvalue weighted by atomic mass is 32.2. The fourth-order valence-corrected chi connectivity index (χ4v) is 4.51. The number of sulfonamides is 1. The lowest BCUT2D eigenvalue weighted by atomic mass is 10.1. The van der Waals surface area contributed by atoms with E-state index in [2.05, 4.69) is 5.32 Å². The van der Waals surface area contributed by atoms with Crippen molar-refractivity contribution in [2.45, 2.75) is 39.8 Å². The van der Waals surface area contributed by atoms with E-state index in [4.69, 9.17) is 9.47 Å². The van der Waals surface area contributed by atoms with Crippen LogP contribution in [0.15, 0.2) is 42.5 Å². The van der Waals surface area contributed by atoms with Crippen molar-refractivity contribution in [3.8, 4) is 11.5 Å². The Morgan fingerprint density at radius 3 is 2.34 bits per heavy atom. The normalized spacial score (nSPS) is 13.6. The highest BCUT2D eigenvalue weighted by Crippen LogP contribution is 2.34. The highest BCUT2D eigenvalue weighted by molar-refractivity contribution is 7.92. The Morgan fingerprint density at radius 1 is 1.06 bits per heavy atom. The molecule has 0 bridgehead atoms. The van der Waals surface area contributed by atoms with Crippen molar-refractivity contribution in [2.75, 3.05) is 36.9 Å². The van der Waals surface area contributed by atoms with Crippen LogP contribution in [0.25, 0.3) is 0 Å². The number of nitrogens with zero attached hydrogens (tertiary/aromatic N) is 2. The number of benzene rings is 2. The lowest BCUT2D eigenvalue weighted by Gasteiger charge is -2.31. The molecule has 190 valence electrons. The van der Waals surface area contributed by atoms with Crippen molar-refractivity contribution >= 4 is 27.5 Å². The van der Waals surface area contributed by atoms with Gasteiger partial charge in [-0.05, 0) is 38.0 Å². The van der Waals surface area contributed by atoms with Crippen LogP contribution in [-0.2, 0) is 26.2 Å². The molecule has 1 aliphatic heterocycles. The molecule has 0 unspecified atom stereocenters. The SMILES string of the molecule is CCCNC(=O)[C@@H](C)N(Cc1ccc(C)cc1)C(=O)CN(c1ccc2c(c1)OCCO2)S(C)(=O)=O. The predicted octanol–water partition coefficient (Wildman–Crippen LogP) is 2.48. The summed E-state index contributed by atoms with van der Waals surface area (Å²) in [5.74, 6) is 0.142. The minimum absolute atomic E-state index is 0.165. The molecular formula is C25H33N3O6S. The van der Waals surface area contributed by atoms with Gasteiger partial charge < -0.3 is 19.7 Å². The van der Waals surface area contributed by atoms with Crippen LogP contribution in [0.4, 0.5) is 5.69 Å². The van der Waals surface area contributed by atoms with Crippen LogP contribution in [0.1, 0.15) is 31.4 Å². The third-order valence-electron chi connectivity index (χ3n) is 5.68. The predicted molar refractivity (Wildman–Crippen MR) is 134 cm³/mol. The van der Waals surface area contributed by atoms with Gasteiger partial charge in [0.25, 0.3) is 0 Å². The third-order valence-corrected chi connectivity index (χ3v) is 6.82. The molecule has 2 aromatic rings. The summed E-state index contributed by atoms with van der Waals surface area (Å²) in [5.41, 5.74) is 2.19. The molecule has 0 saturated heterocycles. The lowest BCUT2D eigenvalue weighted by Crippen LogP contribution is -2.51. The quantitative estimate of drug-likeness (QED) is 0.534. The molecule has 10 heteroatoms. The van der Waals surface area contributed by atoms with Gasteiger partial charge in [0.2, 0.25) is 21.8 Å². The molecule has 0 aliphatic carbocycles. The van der Waals surface area contributed by atoms with Gasteiger partial charge >= 0.3 is 0 Å². The summed E-state index contributed by atoms with van der Waals surface area (Å²) >= 11 is 0. The van der Waals surface area contributed by atoms with Gasteiger partial charge in [-0.3, -0.25) is 13.9 Å². The second kappa shape index (κ2) is 11.4. The summed E-state index contributed by atoms with van der Waals surface area (Å²) in [4.78, 5) is 27.7. The van der Waals surface area contributed by atoms with Crippen molar-refractivity contribution in [1.29, 1.82) is 0 Å². The van der Waals surface area contributed by atoms with Crippen LogP contribution in [0.2, 0.25) is 0 Å². The highest BCUT2D eigenvalue weighted by Gasteiger charge is 2.30. The van der Waals surface area contributed by atoms with Crippen LogP contribution in [0.3, 0.4) is 0 Å². The van der Waals surface area contributed by atoms with Gasteiger partial charge in [0.1, 0.15) is 25.8 Å². The second-order valence-electron chi connectivity index (χ2n) is 8.57. The van der Waals surface area contributed by atoms with Crippen LogP contribution < -0.4 is 19.1 Å². The molecule has 0 saturated carbocycles. The van der Waals surface area contributed by atoms with Crippen molar-refractivity contribution in [2.24, 2.45) is 0 Å². The van der Waals surface area contributed by atoms with E-state index < -0.39 is 28.5 Å². The van der Waals surface area contributed by atoms with Crippen LogP contribution in [0, 0.1) is 6.92 Å². The maximum absolute atomic E-state index is 13.5. The molecule has 9 nitrogen and oxygen atoms in total. The summed E-state index contributed by atoms with van der Waals surface area (Å²) in [5, 5.41) is 2.82. The number of fused-ring (bicyclic) bond motifs is 1.